The summed E-state index contributed by atoms with van der Waals surface area (Å²) in [5, 5.41) is 12.6. The van der Waals surface area contributed by atoms with E-state index in [0.29, 0.717) is 17.9 Å². The zero-order chi connectivity index (χ0) is 12.2. The Balaban J connectivity index is 2.06. The number of hydrogen-bond acceptors (Lipinski definition) is 2. The minimum atomic E-state index is -2.62. The van der Waals surface area contributed by atoms with Crippen molar-refractivity contribution < 1.29 is 18.7 Å². The molecule has 4 nitrogen and oxygen atoms in total. The highest BCUT2D eigenvalue weighted by molar-refractivity contribution is 5.66. The van der Waals surface area contributed by atoms with Crippen LogP contribution in [-0.2, 0) is 17.8 Å². The van der Waals surface area contributed by atoms with Gasteiger partial charge in [-0.25, -0.2) is 8.78 Å². The van der Waals surface area contributed by atoms with Crippen molar-refractivity contribution in [1.29, 1.82) is 0 Å². The predicted octanol–water partition coefficient (Wildman–Crippen LogP) is 1.96. The lowest BCUT2D eigenvalue weighted by Crippen LogP contribution is -2.14. The summed E-state index contributed by atoms with van der Waals surface area (Å²) >= 11 is 0. The maximum atomic E-state index is 12.8. The van der Waals surface area contributed by atoms with Crippen molar-refractivity contribution in [2.45, 2.75) is 38.2 Å². The highest BCUT2D eigenvalue weighted by Gasteiger charge is 2.46. The number of carboxylic acid groups (broad SMARTS) is 1. The molecule has 6 heteroatoms. The van der Waals surface area contributed by atoms with Crippen LogP contribution in [0.15, 0.2) is 0 Å². The Bertz CT molecular complexity index is 484. The van der Waals surface area contributed by atoms with E-state index in [-0.39, 0.29) is 18.2 Å². The van der Waals surface area contributed by atoms with Crippen LogP contribution in [0.2, 0.25) is 0 Å². The summed E-state index contributed by atoms with van der Waals surface area (Å²) in [7, 11) is 0. The molecule has 2 aliphatic carbocycles. The Morgan fingerprint density at radius 3 is 3.00 bits per heavy atom. The fraction of sp³-hybridized carbons (Fsp3) is 0.636. The van der Waals surface area contributed by atoms with Crippen molar-refractivity contribution in [3.05, 3.63) is 17.0 Å². The van der Waals surface area contributed by atoms with Crippen LogP contribution in [0.4, 0.5) is 8.78 Å². The SMILES string of the molecule is O=C(O)Cn1nc(C(F)F)c2c1[C@H]1C[C@@H]1CC2. The molecule has 0 radical (unpaired) electrons. The number of hydrogen-bond donors (Lipinski definition) is 1. The lowest BCUT2D eigenvalue weighted by Gasteiger charge is -2.12. The van der Waals surface area contributed by atoms with Gasteiger partial charge in [0.15, 0.2) is 0 Å². The van der Waals surface area contributed by atoms with E-state index in [1.54, 1.807) is 0 Å². The zero-order valence-corrected chi connectivity index (χ0v) is 9.07. The van der Waals surface area contributed by atoms with Gasteiger partial charge in [0.2, 0.25) is 0 Å². The fourth-order valence-corrected chi connectivity index (χ4v) is 2.86. The zero-order valence-electron chi connectivity index (χ0n) is 9.07. The van der Waals surface area contributed by atoms with Gasteiger partial charge in [-0.05, 0) is 25.2 Å². The standard InChI is InChI=1S/C11H12F2N2O2/c12-11(13)9-6-2-1-5-3-7(5)10(6)15(14-9)4-8(16)17/h5,7,11H,1-4H2,(H,16,17)/t5-,7-/m0/s1. The molecule has 17 heavy (non-hydrogen) atoms. The Morgan fingerprint density at radius 2 is 2.35 bits per heavy atom. The predicted molar refractivity (Wildman–Crippen MR) is 54.0 cm³/mol. The van der Waals surface area contributed by atoms with E-state index >= 15 is 0 Å². The van der Waals surface area contributed by atoms with Gasteiger partial charge in [0.25, 0.3) is 6.43 Å². The van der Waals surface area contributed by atoms with Crippen molar-refractivity contribution in [1.82, 2.24) is 9.78 Å². The molecule has 1 saturated carbocycles. The molecular formula is C11H12F2N2O2. The van der Waals surface area contributed by atoms with Crippen molar-refractivity contribution in [3.8, 4) is 0 Å². The van der Waals surface area contributed by atoms with Gasteiger partial charge in [0.05, 0.1) is 0 Å². The van der Waals surface area contributed by atoms with Crippen LogP contribution < -0.4 is 0 Å². The fourth-order valence-electron chi connectivity index (χ4n) is 2.86. The molecule has 0 unspecified atom stereocenters. The van der Waals surface area contributed by atoms with E-state index in [9.17, 15) is 13.6 Å². The third-order valence-corrected chi connectivity index (χ3v) is 3.66. The van der Waals surface area contributed by atoms with Crippen LogP contribution in [0.25, 0.3) is 0 Å². The molecule has 1 aromatic heterocycles. The second-order valence-electron chi connectivity index (χ2n) is 4.74. The van der Waals surface area contributed by atoms with Gasteiger partial charge < -0.3 is 5.11 Å². The van der Waals surface area contributed by atoms with E-state index in [1.165, 1.54) is 4.68 Å². The number of fused-ring (bicyclic) bond motifs is 3. The van der Waals surface area contributed by atoms with E-state index in [0.717, 1.165) is 18.5 Å². The van der Waals surface area contributed by atoms with Gasteiger partial charge in [0, 0.05) is 17.2 Å². The van der Waals surface area contributed by atoms with Crippen molar-refractivity contribution >= 4 is 5.97 Å². The average molecular weight is 242 g/mol. The molecule has 1 aromatic rings. The summed E-state index contributed by atoms with van der Waals surface area (Å²) in [5.41, 5.74) is 1.13. The number of carboxylic acids is 1. The van der Waals surface area contributed by atoms with Gasteiger partial charge in [-0.3, -0.25) is 9.48 Å². The van der Waals surface area contributed by atoms with Crippen molar-refractivity contribution in [2.24, 2.45) is 5.92 Å². The third-order valence-electron chi connectivity index (χ3n) is 3.66. The van der Waals surface area contributed by atoms with Gasteiger partial charge in [-0.2, -0.15) is 5.10 Å². The Hall–Kier alpha value is -1.46. The summed E-state index contributed by atoms with van der Waals surface area (Å²) in [6.45, 7) is -0.321. The van der Waals surface area contributed by atoms with Crippen LogP contribution >= 0.6 is 0 Å². The topological polar surface area (TPSA) is 55.1 Å². The molecular weight excluding hydrogens is 230 g/mol. The first-order chi connectivity index (χ1) is 8.08. The van der Waals surface area contributed by atoms with Gasteiger partial charge >= 0.3 is 5.97 Å². The highest BCUT2D eigenvalue weighted by atomic mass is 19.3. The third kappa shape index (κ3) is 1.62. The number of alkyl halides is 2. The molecule has 3 rings (SSSR count). The smallest absolute Gasteiger partial charge is 0.325 e. The summed E-state index contributed by atoms with van der Waals surface area (Å²) < 4.78 is 26.9. The van der Waals surface area contributed by atoms with Crippen molar-refractivity contribution in [2.75, 3.05) is 0 Å². The Kier molecular flexibility index (Phi) is 2.21. The van der Waals surface area contributed by atoms with Crippen LogP contribution in [-0.4, -0.2) is 20.9 Å². The van der Waals surface area contributed by atoms with Crippen LogP contribution in [0.3, 0.4) is 0 Å². The number of nitrogens with zero attached hydrogens (tertiary/aromatic N) is 2. The quantitative estimate of drug-likeness (QED) is 0.881. The first-order valence-electron chi connectivity index (χ1n) is 5.67. The molecule has 1 N–H and O–H groups in total. The number of aliphatic carboxylic acids is 1. The second kappa shape index (κ2) is 3.51. The molecule has 0 bridgehead atoms. The van der Waals surface area contributed by atoms with E-state index in [1.807, 2.05) is 0 Å². The van der Waals surface area contributed by atoms with Crippen LogP contribution in [0.5, 0.6) is 0 Å². The van der Waals surface area contributed by atoms with E-state index in [2.05, 4.69) is 5.10 Å². The number of aromatic nitrogens is 2. The summed E-state index contributed by atoms with van der Waals surface area (Å²) in [5.74, 6) is -0.228. The second-order valence-corrected chi connectivity index (χ2v) is 4.74. The van der Waals surface area contributed by atoms with Gasteiger partial charge in [0.1, 0.15) is 12.2 Å². The summed E-state index contributed by atoms with van der Waals surface area (Å²) in [6, 6.07) is 0. The van der Waals surface area contributed by atoms with Crippen molar-refractivity contribution in [3.63, 3.8) is 0 Å². The molecule has 0 amide bonds. The number of carbonyl (C=O) groups is 1. The average Bonchev–Trinajstić information content (AvgIpc) is 2.94. The lowest BCUT2D eigenvalue weighted by atomic mass is 9.96. The molecule has 1 fully saturated rings. The normalized spacial score (nSPS) is 25.6. The molecule has 0 saturated heterocycles. The maximum Gasteiger partial charge on any atom is 0.325 e. The molecule has 2 aliphatic rings. The minimum Gasteiger partial charge on any atom is -0.480 e. The first kappa shape index (κ1) is 10.7. The maximum absolute atomic E-state index is 12.8. The Morgan fingerprint density at radius 1 is 1.59 bits per heavy atom. The highest BCUT2D eigenvalue weighted by Crippen LogP contribution is 2.55. The Labute approximate surface area is 96.2 Å². The molecule has 0 aromatic carbocycles. The van der Waals surface area contributed by atoms with E-state index in [4.69, 9.17) is 5.11 Å². The summed E-state index contributed by atoms with van der Waals surface area (Å²) in [4.78, 5) is 10.7. The van der Waals surface area contributed by atoms with Crippen LogP contribution in [0.1, 0.15) is 42.1 Å². The molecule has 1 heterocycles. The largest absolute Gasteiger partial charge is 0.480 e. The van der Waals surface area contributed by atoms with E-state index < -0.39 is 12.4 Å². The van der Waals surface area contributed by atoms with Gasteiger partial charge in [-0.1, -0.05) is 0 Å². The molecule has 2 atom stereocenters. The van der Waals surface area contributed by atoms with Gasteiger partial charge in [-0.15, -0.1) is 0 Å². The first-order valence-corrected chi connectivity index (χ1v) is 5.67. The van der Waals surface area contributed by atoms with Crippen LogP contribution in [0, 0.1) is 5.92 Å². The molecule has 92 valence electrons. The molecule has 0 aliphatic heterocycles. The number of halogens is 2. The molecule has 0 spiro atoms. The minimum absolute atomic E-state index is 0.216. The number of rotatable bonds is 3. The monoisotopic (exact) mass is 242 g/mol. The lowest BCUT2D eigenvalue weighted by molar-refractivity contribution is -0.137. The summed E-state index contributed by atoms with van der Waals surface area (Å²) in [6.07, 6.45) is -0.0958.